The van der Waals surface area contributed by atoms with Gasteiger partial charge in [0.25, 0.3) is 0 Å². The Bertz CT molecular complexity index is 1580. The number of carbonyl (C=O) groups excluding carboxylic acids is 3. The van der Waals surface area contributed by atoms with Crippen LogP contribution in [0.3, 0.4) is 0 Å². The molecule has 0 saturated carbocycles. The number of benzene rings is 2. The minimum Gasteiger partial charge on any atom is -0.507 e. The van der Waals surface area contributed by atoms with Gasteiger partial charge in [-0.25, -0.2) is 4.79 Å². The largest absolute Gasteiger partial charge is 0.507 e. The van der Waals surface area contributed by atoms with Gasteiger partial charge < -0.3 is 34.5 Å². The molecule has 1 aliphatic heterocycles. The number of hydrogen-bond donors (Lipinski definition) is 3. The van der Waals surface area contributed by atoms with Gasteiger partial charge in [0.15, 0.2) is 11.5 Å². The Kier molecular flexibility index (Phi) is 12.2. The van der Waals surface area contributed by atoms with E-state index in [1.54, 1.807) is 49.5 Å². The van der Waals surface area contributed by atoms with Crippen LogP contribution in [0.25, 0.3) is 6.08 Å². The van der Waals surface area contributed by atoms with E-state index in [-0.39, 0.29) is 41.2 Å². The van der Waals surface area contributed by atoms with Crippen LogP contribution in [-0.2, 0) is 20.9 Å². The summed E-state index contributed by atoms with van der Waals surface area (Å²) >= 11 is 0. The first-order chi connectivity index (χ1) is 22.7. The summed E-state index contributed by atoms with van der Waals surface area (Å²) < 4.78 is 22.3. The molecule has 0 bridgehead atoms. The number of fused-ring (bicyclic) bond motifs is 1. The van der Waals surface area contributed by atoms with Crippen LogP contribution in [0.1, 0.15) is 90.5 Å². The van der Waals surface area contributed by atoms with Crippen LogP contribution < -0.4 is 19.5 Å². The summed E-state index contributed by atoms with van der Waals surface area (Å²) in [4.78, 5) is 43.5. The summed E-state index contributed by atoms with van der Waals surface area (Å²) in [6, 6.07) is 10.00. The van der Waals surface area contributed by atoms with Gasteiger partial charge in [-0.2, -0.15) is 0 Å². The van der Waals surface area contributed by atoms with Gasteiger partial charge in [0.1, 0.15) is 22.8 Å². The van der Waals surface area contributed by atoms with Gasteiger partial charge in [-0.1, -0.05) is 18.2 Å². The van der Waals surface area contributed by atoms with Gasteiger partial charge in [-0.15, -0.1) is 0 Å². The highest BCUT2D eigenvalue weighted by atomic mass is 16.5. The van der Waals surface area contributed by atoms with E-state index in [2.05, 4.69) is 10.3 Å². The zero-order valence-electron chi connectivity index (χ0n) is 27.2. The molecule has 11 nitrogen and oxygen atoms in total. The average molecular weight is 647 g/mol. The Labute approximate surface area is 274 Å². The van der Waals surface area contributed by atoms with Gasteiger partial charge in [0.05, 0.1) is 39.7 Å². The summed E-state index contributed by atoms with van der Waals surface area (Å²) in [5.41, 5.74) is 1.15. The van der Waals surface area contributed by atoms with Crippen LogP contribution >= 0.6 is 0 Å². The molecule has 1 amide bonds. The number of phenols is 2. The molecular weight excluding hydrogens is 604 g/mol. The summed E-state index contributed by atoms with van der Waals surface area (Å²) in [5, 5.41) is 26.2. The average Bonchev–Trinajstić information content (AvgIpc) is 3.05. The molecule has 1 aromatic heterocycles. The predicted molar refractivity (Wildman–Crippen MR) is 175 cm³/mol. The van der Waals surface area contributed by atoms with Crippen LogP contribution in [0.2, 0.25) is 0 Å². The number of esters is 1. The first kappa shape index (κ1) is 34.8. The fraction of sp³-hybridized carbons (Fsp3) is 0.389. The standard InChI is InChI=1S/C36H42N2O9/c1-22-11-10-15-26(39)14-7-5-6-12-23-17-28(40)33(34(42)32(23)36(43)47-22)27(20-31(41)38-21-25-13-8-9-16-37-25)24-18-29(44-2)35(46-4)30(19-24)45-3/h6,8-9,12-13,16-19,22,27,40,42H,5,7,10-11,14-15,20-21H2,1-4H3,(H,38,41). The Morgan fingerprint density at radius 2 is 1.77 bits per heavy atom. The number of cyclic esters (lactones) is 1. The molecule has 3 N–H and O–H groups in total. The molecule has 0 radical (unpaired) electrons. The summed E-state index contributed by atoms with van der Waals surface area (Å²) in [7, 11) is 4.37. The molecule has 3 aromatic rings. The van der Waals surface area contributed by atoms with Crippen molar-refractivity contribution in [3.63, 3.8) is 0 Å². The third kappa shape index (κ3) is 8.81. The number of methoxy groups -OCH3 is 3. The predicted octanol–water partition coefficient (Wildman–Crippen LogP) is 5.84. The van der Waals surface area contributed by atoms with Gasteiger partial charge in [0.2, 0.25) is 11.7 Å². The maximum Gasteiger partial charge on any atom is 0.342 e. The number of amides is 1. The number of hydrogen-bond acceptors (Lipinski definition) is 10. The van der Waals surface area contributed by atoms with Gasteiger partial charge in [-0.05, 0) is 74.1 Å². The minimum atomic E-state index is -0.981. The zero-order chi connectivity index (χ0) is 33.9. The van der Waals surface area contributed by atoms with E-state index in [0.717, 1.165) is 0 Å². The van der Waals surface area contributed by atoms with Crippen LogP contribution in [0.5, 0.6) is 28.7 Å². The summed E-state index contributed by atoms with van der Waals surface area (Å²) in [5.74, 6) is -1.94. The molecule has 250 valence electrons. The smallest absolute Gasteiger partial charge is 0.342 e. The lowest BCUT2D eigenvalue weighted by atomic mass is 9.84. The maximum absolute atomic E-state index is 13.7. The second-order valence-electron chi connectivity index (χ2n) is 11.4. The molecule has 2 heterocycles. The zero-order valence-corrected chi connectivity index (χ0v) is 27.2. The van der Waals surface area contributed by atoms with E-state index in [4.69, 9.17) is 18.9 Å². The number of ketones is 1. The molecule has 0 fully saturated rings. The molecule has 0 spiro atoms. The fourth-order valence-corrected chi connectivity index (χ4v) is 5.66. The Balaban J connectivity index is 1.84. The molecular formula is C36H42N2O9. The van der Waals surface area contributed by atoms with Crippen molar-refractivity contribution in [2.45, 2.75) is 70.4 Å². The van der Waals surface area contributed by atoms with Gasteiger partial charge in [-0.3, -0.25) is 14.6 Å². The lowest BCUT2D eigenvalue weighted by Crippen LogP contribution is -2.25. The number of carbonyl (C=O) groups is 3. The van der Waals surface area contributed by atoms with E-state index in [1.165, 1.54) is 27.4 Å². The maximum atomic E-state index is 13.7. The van der Waals surface area contributed by atoms with Crippen molar-refractivity contribution in [1.82, 2.24) is 10.3 Å². The molecule has 0 saturated heterocycles. The van der Waals surface area contributed by atoms with Crippen molar-refractivity contribution >= 4 is 23.7 Å². The molecule has 2 aromatic carbocycles. The quantitative estimate of drug-likeness (QED) is 0.242. The van der Waals surface area contributed by atoms with Crippen LogP contribution in [0.15, 0.2) is 48.7 Å². The molecule has 1 aliphatic rings. The minimum absolute atomic E-state index is 0.0456. The molecule has 47 heavy (non-hydrogen) atoms. The number of aromatic nitrogens is 1. The molecule has 4 rings (SSSR count). The summed E-state index contributed by atoms with van der Waals surface area (Å²) in [6.45, 7) is 1.89. The van der Waals surface area contributed by atoms with Crippen LogP contribution in [-0.4, -0.2) is 60.3 Å². The SMILES string of the molecule is COc1cc(C(CC(=O)NCc2ccccn2)c2c(O)cc3c(c2O)C(=O)OC(C)CCCC(=O)CCCC=C3)cc(OC)c1OC. The normalized spacial score (nSPS) is 16.3. The molecule has 0 aliphatic carbocycles. The number of Topliss-reactive ketones (excluding diaryl/α,β-unsaturated/α-hetero) is 1. The first-order valence-electron chi connectivity index (χ1n) is 15.6. The van der Waals surface area contributed by atoms with E-state index < -0.39 is 29.6 Å². The first-order valence-corrected chi connectivity index (χ1v) is 15.6. The van der Waals surface area contributed by atoms with Crippen molar-refractivity contribution < 1.29 is 43.5 Å². The number of ether oxygens (including phenoxy) is 4. The number of pyridine rings is 1. The van der Waals surface area contributed by atoms with Crippen molar-refractivity contribution in [1.29, 1.82) is 0 Å². The lowest BCUT2D eigenvalue weighted by Gasteiger charge is -2.24. The molecule has 2 unspecified atom stereocenters. The van der Waals surface area contributed by atoms with Crippen LogP contribution in [0.4, 0.5) is 0 Å². The lowest BCUT2D eigenvalue weighted by molar-refractivity contribution is -0.121. The monoisotopic (exact) mass is 646 g/mol. The topological polar surface area (TPSA) is 154 Å². The number of nitrogens with one attached hydrogen (secondary N) is 1. The number of aromatic hydroxyl groups is 2. The second kappa shape index (κ2) is 16.5. The second-order valence-corrected chi connectivity index (χ2v) is 11.4. The Morgan fingerprint density at radius 1 is 1.04 bits per heavy atom. The number of nitrogens with zero attached hydrogens (tertiary/aromatic N) is 1. The van der Waals surface area contributed by atoms with E-state index in [1.807, 2.05) is 6.07 Å². The van der Waals surface area contributed by atoms with E-state index in [0.29, 0.717) is 67.0 Å². The number of phenolic OH excluding ortho intramolecular Hbond substituents is 2. The van der Waals surface area contributed by atoms with Crippen molar-refractivity contribution in [3.8, 4) is 28.7 Å². The van der Waals surface area contributed by atoms with E-state index >= 15 is 0 Å². The Hall–Kier alpha value is -5.06. The highest BCUT2D eigenvalue weighted by Gasteiger charge is 2.32. The number of allylic oxidation sites excluding steroid dienone is 1. The van der Waals surface area contributed by atoms with Crippen LogP contribution in [0, 0.1) is 0 Å². The molecule has 11 heteroatoms. The van der Waals surface area contributed by atoms with Crippen molar-refractivity contribution in [2.24, 2.45) is 0 Å². The third-order valence-electron chi connectivity index (χ3n) is 8.07. The highest BCUT2D eigenvalue weighted by Crippen LogP contribution is 2.47. The third-order valence-corrected chi connectivity index (χ3v) is 8.07. The van der Waals surface area contributed by atoms with Gasteiger partial charge >= 0.3 is 5.97 Å². The Morgan fingerprint density at radius 3 is 2.43 bits per heavy atom. The van der Waals surface area contributed by atoms with Gasteiger partial charge in [0, 0.05) is 36.9 Å². The molecule has 2 atom stereocenters. The fourth-order valence-electron chi connectivity index (χ4n) is 5.66. The summed E-state index contributed by atoms with van der Waals surface area (Å²) in [6.07, 6.45) is 7.35. The van der Waals surface area contributed by atoms with Crippen molar-refractivity contribution in [2.75, 3.05) is 21.3 Å². The highest BCUT2D eigenvalue weighted by molar-refractivity contribution is 5.98. The van der Waals surface area contributed by atoms with Crippen molar-refractivity contribution in [3.05, 3.63) is 76.6 Å². The number of rotatable bonds is 9. The van der Waals surface area contributed by atoms with E-state index in [9.17, 15) is 24.6 Å².